The summed E-state index contributed by atoms with van der Waals surface area (Å²) in [6.07, 6.45) is 5.04. The van der Waals surface area contributed by atoms with E-state index in [4.69, 9.17) is 16.3 Å². The number of carbonyl (C=O) groups is 1. The Hall–Kier alpha value is -2.66. The number of esters is 1. The molecule has 1 N–H and O–H groups in total. The predicted molar refractivity (Wildman–Crippen MR) is 99.0 cm³/mol. The molecule has 0 amide bonds. The van der Waals surface area contributed by atoms with Gasteiger partial charge in [0.1, 0.15) is 5.56 Å². The Labute approximate surface area is 151 Å². The predicted octanol–water partition coefficient (Wildman–Crippen LogP) is 4.38. The third-order valence-corrected chi connectivity index (χ3v) is 4.32. The summed E-state index contributed by atoms with van der Waals surface area (Å²) >= 11 is 6.20. The number of nitrogens with zero attached hydrogens (tertiary/aromatic N) is 2. The summed E-state index contributed by atoms with van der Waals surface area (Å²) in [6.45, 7) is 4.52. The van der Waals surface area contributed by atoms with Crippen LogP contribution in [0.15, 0.2) is 42.9 Å². The molecule has 0 saturated heterocycles. The Balaban J connectivity index is 2.08. The van der Waals surface area contributed by atoms with Gasteiger partial charge in [0.05, 0.1) is 17.8 Å². The molecule has 0 aliphatic heterocycles. The Morgan fingerprint density at radius 1 is 1.28 bits per heavy atom. The monoisotopic (exact) mass is 355 g/mol. The van der Waals surface area contributed by atoms with Gasteiger partial charge in [-0.3, -0.25) is 9.97 Å². The molecule has 5 nitrogen and oxygen atoms in total. The van der Waals surface area contributed by atoms with Crippen LogP contribution in [0.25, 0.3) is 10.9 Å². The van der Waals surface area contributed by atoms with E-state index in [1.807, 2.05) is 31.2 Å². The molecule has 3 aromatic rings. The fraction of sp³-hybridized carbons (Fsp3) is 0.211. The Kier molecular flexibility index (Phi) is 5.14. The second-order valence-electron chi connectivity index (χ2n) is 5.55. The van der Waals surface area contributed by atoms with Crippen molar-refractivity contribution < 1.29 is 9.53 Å². The van der Waals surface area contributed by atoms with Gasteiger partial charge in [-0.05, 0) is 43.2 Å². The van der Waals surface area contributed by atoms with Crippen molar-refractivity contribution in [2.45, 2.75) is 20.4 Å². The van der Waals surface area contributed by atoms with E-state index < -0.39 is 5.97 Å². The van der Waals surface area contributed by atoms with Crippen LogP contribution in [0, 0.1) is 6.92 Å². The zero-order valence-corrected chi connectivity index (χ0v) is 14.8. The quantitative estimate of drug-likeness (QED) is 0.688. The van der Waals surface area contributed by atoms with Crippen LogP contribution >= 0.6 is 11.6 Å². The molecule has 2 aromatic heterocycles. The first-order valence-corrected chi connectivity index (χ1v) is 8.37. The smallest absolute Gasteiger partial charge is 0.341 e. The highest BCUT2D eigenvalue weighted by atomic mass is 35.5. The van der Waals surface area contributed by atoms with Gasteiger partial charge in [0.25, 0.3) is 0 Å². The van der Waals surface area contributed by atoms with Crippen LogP contribution in [0.5, 0.6) is 0 Å². The van der Waals surface area contributed by atoms with Crippen molar-refractivity contribution in [3.8, 4) is 0 Å². The van der Waals surface area contributed by atoms with E-state index in [0.29, 0.717) is 29.4 Å². The number of ether oxygens (including phenoxy) is 1. The van der Waals surface area contributed by atoms with Gasteiger partial charge in [0.15, 0.2) is 0 Å². The lowest BCUT2D eigenvalue weighted by atomic mass is 10.1. The van der Waals surface area contributed by atoms with Crippen molar-refractivity contribution >= 4 is 34.2 Å². The van der Waals surface area contributed by atoms with Gasteiger partial charge in [0, 0.05) is 35.5 Å². The number of rotatable bonds is 5. The van der Waals surface area contributed by atoms with Crippen LogP contribution in [-0.4, -0.2) is 22.5 Å². The number of hydrogen-bond donors (Lipinski definition) is 1. The van der Waals surface area contributed by atoms with E-state index in [9.17, 15) is 4.79 Å². The van der Waals surface area contributed by atoms with Crippen LogP contribution in [0.1, 0.15) is 28.4 Å². The first-order chi connectivity index (χ1) is 12.1. The second-order valence-corrected chi connectivity index (χ2v) is 5.96. The van der Waals surface area contributed by atoms with Gasteiger partial charge in [-0.1, -0.05) is 17.7 Å². The molecule has 6 heteroatoms. The first kappa shape index (κ1) is 17.2. The summed E-state index contributed by atoms with van der Waals surface area (Å²) in [4.78, 5) is 20.9. The molecule has 0 aliphatic carbocycles. The SMILES string of the molecule is CCOC(=O)c1cnc2c(C)c(Cl)ccc2c1NCc1cccnc1. The number of halogens is 1. The molecule has 1 aromatic carbocycles. The van der Waals surface area contributed by atoms with Crippen LogP contribution < -0.4 is 5.32 Å². The molecular formula is C19H18ClN3O2. The van der Waals surface area contributed by atoms with Crippen molar-refractivity contribution in [3.05, 3.63) is 64.6 Å². The molecule has 2 heterocycles. The largest absolute Gasteiger partial charge is 0.462 e. The maximum absolute atomic E-state index is 12.3. The van der Waals surface area contributed by atoms with Crippen molar-refractivity contribution in [2.75, 3.05) is 11.9 Å². The molecule has 0 bridgehead atoms. The second kappa shape index (κ2) is 7.49. The number of nitrogens with one attached hydrogen (secondary N) is 1. The maximum atomic E-state index is 12.3. The minimum atomic E-state index is -0.404. The van der Waals surface area contributed by atoms with Crippen LogP contribution in [-0.2, 0) is 11.3 Å². The zero-order valence-electron chi connectivity index (χ0n) is 14.0. The van der Waals surface area contributed by atoms with Gasteiger partial charge in [-0.2, -0.15) is 0 Å². The summed E-state index contributed by atoms with van der Waals surface area (Å²) in [5, 5.41) is 4.81. The molecule has 0 unspecified atom stereocenters. The molecule has 0 radical (unpaired) electrons. The maximum Gasteiger partial charge on any atom is 0.341 e. The third-order valence-electron chi connectivity index (χ3n) is 3.91. The summed E-state index contributed by atoms with van der Waals surface area (Å²) in [6, 6.07) is 7.52. The van der Waals surface area contributed by atoms with E-state index in [0.717, 1.165) is 22.0 Å². The highest BCUT2D eigenvalue weighted by molar-refractivity contribution is 6.32. The van der Waals surface area contributed by atoms with Gasteiger partial charge in [0.2, 0.25) is 0 Å². The molecular weight excluding hydrogens is 338 g/mol. The van der Waals surface area contributed by atoms with E-state index in [-0.39, 0.29) is 0 Å². The van der Waals surface area contributed by atoms with Gasteiger partial charge in [-0.15, -0.1) is 0 Å². The number of carbonyl (C=O) groups excluding carboxylic acids is 1. The summed E-state index contributed by atoms with van der Waals surface area (Å²) < 4.78 is 5.17. The standard InChI is InChI=1S/C19H18ClN3O2/c1-3-25-19(24)15-11-23-17-12(2)16(20)7-6-14(17)18(15)22-10-13-5-4-8-21-9-13/h4-9,11H,3,10H2,1-2H3,(H,22,23). The van der Waals surface area contributed by atoms with Gasteiger partial charge < -0.3 is 10.1 Å². The lowest BCUT2D eigenvalue weighted by Crippen LogP contribution is -2.11. The molecule has 0 saturated carbocycles. The highest BCUT2D eigenvalue weighted by Gasteiger charge is 2.18. The minimum Gasteiger partial charge on any atom is -0.462 e. The van der Waals surface area contributed by atoms with E-state index in [1.54, 1.807) is 19.3 Å². The highest BCUT2D eigenvalue weighted by Crippen LogP contribution is 2.32. The fourth-order valence-electron chi connectivity index (χ4n) is 2.63. The normalized spacial score (nSPS) is 10.7. The summed E-state index contributed by atoms with van der Waals surface area (Å²) in [5.74, 6) is -0.404. The molecule has 0 atom stereocenters. The van der Waals surface area contributed by atoms with Crippen LogP contribution in [0.4, 0.5) is 5.69 Å². The topological polar surface area (TPSA) is 64.1 Å². The molecule has 128 valence electrons. The van der Waals surface area contributed by atoms with E-state index >= 15 is 0 Å². The number of aromatic nitrogens is 2. The summed E-state index contributed by atoms with van der Waals surface area (Å²) in [5.41, 5.74) is 3.73. The number of benzene rings is 1. The average Bonchev–Trinajstić information content (AvgIpc) is 2.63. The molecule has 0 spiro atoms. The lowest BCUT2D eigenvalue weighted by Gasteiger charge is -2.15. The molecule has 25 heavy (non-hydrogen) atoms. The summed E-state index contributed by atoms with van der Waals surface area (Å²) in [7, 11) is 0. The zero-order chi connectivity index (χ0) is 17.8. The van der Waals surface area contributed by atoms with Crippen LogP contribution in [0.2, 0.25) is 5.02 Å². The number of pyridine rings is 2. The van der Waals surface area contributed by atoms with Crippen LogP contribution in [0.3, 0.4) is 0 Å². The van der Waals surface area contributed by atoms with E-state index in [2.05, 4.69) is 15.3 Å². The molecule has 0 fully saturated rings. The Bertz CT molecular complexity index is 913. The molecule has 0 aliphatic rings. The number of aryl methyl sites for hydroxylation is 1. The average molecular weight is 356 g/mol. The van der Waals surface area contributed by atoms with E-state index in [1.165, 1.54) is 6.20 Å². The van der Waals surface area contributed by atoms with Crippen molar-refractivity contribution in [1.29, 1.82) is 0 Å². The van der Waals surface area contributed by atoms with Crippen molar-refractivity contribution in [2.24, 2.45) is 0 Å². The minimum absolute atomic E-state index is 0.304. The molecule has 3 rings (SSSR count). The number of hydrogen-bond acceptors (Lipinski definition) is 5. The number of anilines is 1. The Morgan fingerprint density at radius 2 is 2.12 bits per heavy atom. The van der Waals surface area contributed by atoms with Gasteiger partial charge >= 0.3 is 5.97 Å². The number of fused-ring (bicyclic) bond motifs is 1. The van der Waals surface area contributed by atoms with Crippen molar-refractivity contribution in [1.82, 2.24) is 9.97 Å². The van der Waals surface area contributed by atoms with Crippen molar-refractivity contribution in [3.63, 3.8) is 0 Å². The third kappa shape index (κ3) is 3.56. The van der Waals surface area contributed by atoms with Gasteiger partial charge in [-0.25, -0.2) is 4.79 Å². The lowest BCUT2D eigenvalue weighted by molar-refractivity contribution is 0.0527. The Morgan fingerprint density at radius 3 is 2.84 bits per heavy atom. The fourth-order valence-corrected chi connectivity index (χ4v) is 2.78. The first-order valence-electron chi connectivity index (χ1n) is 7.99.